The summed E-state index contributed by atoms with van der Waals surface area (Å²) in [6.07, 6.45) is -0.572. The molecule has 1 fully saturated rings. The number of nitrogens with zero attached hydrogens (tertiary/aromatic N) is 2. The van der Waals surface area contributed by atoms with Crippen molar-refractivity contribution in [1.82, 2.24) is 4.90 Å². The van der Waals surface area contributed by atoms with Crippen molar-refractivity contribution in [2.24, 2.45) is 4.99 Å². The molecule has 2 aliphatic rings. The number of phenols is 1. The summed E-state index contributed by atoms with van der Waals surface area (Å²) in [7, 11) is 1.81. The molecule has 1 aromatic carbocycles. The minimum Gasteiger partial charge on any atom is -0.507 e. The van der Waals surface area contributed by atoms with Gasteiger partial charge in [-0.15, -0.1) is 23.5 Å². The number of carbonyl (C=O) groups excluding carboxylic acids is 1. The molecule has 0 saturated carbocycles. The number of aromatic hydroxyl groups is 1. The number of carboxylic acid groups (broad SMARTS) is 1. The lowest BCUT2D eigenvalue weighted by Crippen LogP contribution is -2.42. The van der Waals surface area contributed by atoms with Gasteiger partial charge < -0.3 is 14.9 Å². The molecule has 0 aromatic heterocycles. The average Bonchev–Trinajstić information content (AvgIpc) is 3.21. The van der Waals surface area contributed by atoms with Crippen molar-refractivity contribution < 1.29 is 24.5 Å². The first-order chi connectivity index (χ1) is 13.5. The monoisotopic (exact) mass is 439 g/mol. The van der Waals surface area contributed by atoms with E-state index >= 15 is 0 Å². The number of thioether (sulfide) groups is 2. The van der Waals surface area contributed by atoms with Crippen molar-refractivity contribution in [1.29, 1.82) is 0 Å². The van der Waals surface area contributed by atoms with Crippen LogP contribution in [-0.4, -0.2) is 73.8 Å². The van der Waals surface area contributed by atoms with Gasteiger partial charge in [0.15, 0.2) is 0 Å². The smallest absolute Gasteiger partial charge is 0.412 e. The Morgan fingerprint density at radius 1 is 1.31 bits per heavy atom. The van der Waals surface area contributed by atoms with Gasteiger partial charge in [-0.3, -0.25) is 20.0 Å². The van der Waals surface area contributed by atoms with Gasteiger partial charge in [-0.2, -0.15) is 0 Å². The second kappa shape index (κ2) is 8.45. The number of hydrogen-bond donors (Lipinski definition) is 3. The highest BCUT2D eigenvalue weighted by Crippen LogP contribution is 2.38. The third-order valence-corrected chi connectivity index (χ3v) is 7.08. The average molecular weight is 440 g/mol. The Hall–Kier alpha value is -1.91. The summed E-state index contributed by atoms with van der Waals surface area (Å²) in [6, 6.07) is 4.19. The highest BCUT2D eigenvalue weighted by atomic mass is 32.2. The number of nitrogens with one attached hydrogen (secondary N) is 1. The Labute approximate surface area is 178 Å². The zero-order valence-electron chi connectivity index (χ0n) is 16.7. The Bertz CT molecular complexity index is 840. The minimum atomic E-state index is -0.823. The number of carboxylic acids is 1. The van der Waals surface area contributed by atoms with Gasteiger partial charge in [0.2, 0.25) is 0 Å². The highest BCUT2D eigenvalue weighted by molar-refractivity contribution is 8.14. The number of ether oxygens (including phenoxy) is 1. The molecule has 2 heterocycles. The third-order valence-electron chi connectivity index (χ3n) is 4.48. The number of rotatable bonds is 4. The van der Waals surface area contributed by atoms with Crippen LogP contribution in [0, 0.1) is 0 Å². The van der Waals surface area contributed by atoms with Crippen LogP contribution in [0.2, 0.25) is 0 Å². The van der Waals surface area contributed by atoms with Crippen molar-refractivity contribution >= 4 is 46.3 Å². The summed E-state index contributed by atoms with van der Waals surface area (Å²) in [5.74, 6) is 0.481. The van der Waals surface area contributed by atoms with Gasteiger partial charge in [0.25, 0.3) is 0 Å². The maximum absolute atomic E-state index is 12.0. The number of carbonyl (C=O) groups is 2. The topological polar surface area (TPSA) is 111 Å². The predicted molar refractivity (Wildman–Crippen MR) is 116 cm³/mol. The van der Waals surface area contributed by atoms with E-state index in [2.05, 4.69) is 5.32 Å². The molecule has 0 radical (unpaired) electrons. The van der Waals surface area contributed by atoms with Crippen molar-refractivity contribution in [3.8, 4) is 5.75 Å². The number of likely N-dealkylation sites (N-methyl/N-ethyl adjacent to an activating group) is 1. The molecule has 3 rings (SSSR count). The summed E-state index contributed by atoms with van der Waals surface area (Å²) in [6.45, 7) is 5.35. The van der Waals surface area contributed by atoms with Gasteiger partial charge in [-0.25, -0.2) is 4.79 Å². The highest BCUT2D eigenvalue weighted by Gasteiger charge is 2.41. The van der Waals surface area contributed by atoms with Crippen LogP contribution in [0.15, 0.2) is 23.2 Å². The SMILES string of the molecule is CN1C([C@@H]2CSC(c3cc(NC(=O)OC(C)(C)C)ccc3O)=N2)SC[C@H]1C(=O)O. The zero-order chi connectivity index (χ0) is 21.3. The molecular weight excluding hydrogens is 414 g/mol. The lowest BCUT2D eigenvalue weighted by molar-refractivity contribution is -0.141. The molecule has 1 saturated heterocycles. The van der Waals surface area contributed by atoms with Crippen LogP contribution in [0.4, 0.5) is 10.5 Å². The summed E-state index contributed by atoms with van der Waals surface area (Å²) in [4.78, 5) is 29.9. The summed E-state index contributed by atoms with van der Waals surface area (Å²) < 4.78 is 5.26. The van der Waals surface area contributed by atoms with E-state index in [0.717, 1.165) is 0 Å². The number of aliphatic imine (C=N–C) groups is 1. The first-order valence-corrected chi connectivity index (χ1v) is 11.2. The van der Waals surface area contributed by atoms with Gasteiger partial charge in [0.1, 0.15) is 22.4 Å². The van der Waals surface area contributed by atoms with E-state index in [1.54, 1.807) is 44.7 Å². The molecule has 1 aromatic rings. The van der Waals surface area contributed by atoms with Crippen molar-refractivity contribution in [3.63, 3.8) is 0 Å². The number of phenolic OH excluding ortho intramolecular Hbond substituents is 1. The number of aliphatic carboxylic acids is 1. The quantitative estimate of drug-likeness (QED) is 0.614. The van der Waals surface area contributed by atoms with Crippen LogP contribution in [0.25, 0.3) is 0 Å². The molecule has 29 heavy (non-hydrogen) atoms. The molecule has 1 amide bonds. The van der Waals surface area contributed by atoms with E-state index in [-0.39, 0.29) is 17.2 Å². The lowest BCUT2D eigenvalue weighted by atomic mass is 10.2. The minimum absolute atomic E-state index is 0.0219. The van der Waals surface area contributed by atoms with Gasteiger partial charge in [0, 0.05) is 17.2 Å². The van der Waals surface area contributed by atoms with E-state index < -0.39 is 23.7 Å². The molecule has 3 atom stereocenters. The fourth-order valence-corrected chi connectivity index (χ4v) is 5.87. The molecule has 0 aliphatic carbocycles. The lowest BCUT2D eigenvalue weighted by Gasteiger charge is -2.24. The molecule has 0 spiro atoms. The van der Waals surface area contributed by atoms with Gasteiger partial charge >= 0.3 is 12.1 Å². The van der Waals surface area contributed by atoms with Gasteiger partial charge in [-0.05, 0) is 46.0 Å². The third kappa shape index (κ3) is 5.18. The fourth-order valence-electron chi connectivity index (χ4n) is 3.12. The molecule has 158 valence electrons. The Morgan fingerprint density at radius 3 is 2.66 bits per heavy atom. The van der Waals surface area contributed by atoms with Crippen LogP contribution >= 0.6 is 23.5 Å². The Balaban J connectivity index is 1.74. The molecule has 3 N–H and O–H groups in total. The molecular formula is C19H25N3O5S2. The Kier molecular flexibility index (Phi) is 6.35. The van der Waals surface area contributed by atoms with E-state index in [0.29, 0.717) is 27.8 Å². The molecule has 2 aliphatic heterocycles. The van der Waals surface area contributed by atoms with E-state index in [1.807, 2.05) is 11.9 Å². The Morgan fingerprint density at radius 2 is 2.03 bits per heavy atom. The number of anilines is 1. The second-order valence-corrected chi connectivity index (χ2v) is 10.1. The number of hydrogen-bond acceptors (Lipinski definition) is 8. The molecule has 1 unspecified atom stereocenters. The fraction of sp³-hybridized carbons (Fsp3) is 0.526. The van der Waals surface area contributed by atoms with E-state index in [9.17, 15) is 19.8 Å². The second-order valence-electron chi connectivity index (χ2n) is 7.91. The largest absolute Gasteiger partial charge is 0.507 e. The predicted octanol–water partition coefficient (Wildman–Crippen LogP) is 3.06. The summed E-state index contributed by atoms with van der Waals surface area (Å²) in [5, 5.41) is 22.9. The molecule has 10 heteroatoms. The maximum Gasteiger partial charge on any atom is 0.412 e. The maximum atomic E-state index is 12.0. The van der Waals surface area contributed by atoms with E-state index in [1.165, 1.54) is 17.8 Å². The van der Waals surface area contributed by atoms with Crippen LogP contribution < -0.4 is 5.32 Å². The zero-order valence-corrected chi connectivity index (χ0v) is 18.3. The summed E-state index contributed by atoms with van der Waals surface area (Å²) >= 11 is 3.10. The summed E-state index contributed by atoms with van der Waals surface area (Å²) in [5.41, 5.74) is 0.421. The number of benzene rings is 1. The van der Waals surface area contributed by atoms with Crippen LogP contribution in [-0.2, 0) is 9.53 Å². The molecule has 0 bridgehead atoms. The van der Waals surface area contributed by atoms with Crippen LogP contribution in [0.3, 0.4) is 0 Å². The normalized spacial score (nSPS) is 25.0. The van der Waals surface area contributed by atoms with Gasteiger partial charge in [-0.1, -0.05) is 0 Å². The van der Waals surface area contributed by atoms with Crippen LogP contribution in [0.5, 0.6) is 5.75 Å². The van der Waals surface area contributed by atoms with Crippen molar-refractivity contribution in [3.05, 3.63) is 23.8 Å². The van der Waals surface area contributed by atoms with E-state index in [4.69, 9.17) is 9.73 Å². The van der Waals surface area contributed by atoms with Crippen molar-refractivity contribution in [2.75, 3.05) is 23.9 Å². The first-order valence-electron chi connectivity index (χ1n) is 9.15. The standard InChI is InChI=1S/C19H25N3O5S2/c1-19(2,3)27-18(26)20-10-5-6-14(23)11(7-10)15-21-12(8-28-15)16-22(4)13(9-29-16)17(24)25/h5-7,12-13,16,23H,8-9H2,1-4H3,(H,20,26)(H,24,25)/t12-,13-,16?/m0/s1. The first kappa shape index (κ1) is 21.8. The molecule has 8 nitrogen and oxygen atoms in total. The number of amides is 1. The van der Waals surface area contributed by atoms with Gasteiger partial charge in [0.05, 0.1) is 17.0 Å². The van der Waals surface area contributed by atoms with Crippen molar-refractivity contribution in [2.45, 2.75) is 43.8 Å². The van der Waals surface area contributed by atoms with Crippen LogP contribution in [0.1, 0.15) is 26.3 Å².